The lowest BCUT2D eigenvalue weighted by Gasteiger charge is -2.38. The van der Waals surface area contributed by atoms with Crippen molar-refractivity contribution < 1.29 is 26.4 Å². The lowest BCUT2D eigenvalue weighted by molar-refractivity contribution is -0.137. The Morgan fingerprint density at radius 1 is 1.03 bits per heavy atom. The van der Waals surface area contributed by atoms with E-state index in [9.17, 15) is 26.4 Å². The first-order valence-electron chi connectivity index (χ1n) is 9.73. The average Bonchev–Trinajstić information content (AvgIpc) is 2.72. The Bertz CT molecular complexity index is 1030. The highest BCUT2D eigenvalue weighted by Gasteiger charge is 2.40. The first kappa shape index (κ1) is 23.6. The zero-order valence-electron chi connectivity index (χ0n) is 16.5. The molecule has 31 heavy (non-hydrogen) atoms. The summed E-state index contributed by atoms with van der Waals surface area (Å²) in [6.07, 6.45) is -2.14. The molecular weight excluding hydrogens is 453 g/mol. The van der Waals surface area contributed by atoms with Crippen LogP contribution in [0.2, 0.25) is 5.02 Å². The van der Waals surface area contributed by atoms with Crippen LogP contribution in [0.25, 0.3) is 0 Å². The summed E-state index contributed by atoms with van der Waals surface area (Å²) >= 11 is 5.87. The zero-order valence-corrected chi connectivity index (χ0v) is 18.1. The molecule has 1 aliphatic carbocycles. The molecule has 2 N–H and O–H groups in total. The molecule has 0 radical (unpaired) electrons. The Labute approximate surface area is 184 Å². The van der Waals surface area contributed by atoms with Crippen LogP contribution in [0.1, 0.15) is 36.8 Å². The SMILES string of the molecule is NC(=O)[C@H]1CCCC[C@@H]1N(Cc1ccc(C(F)(F)F)cc1)S(=O)(=O)c1ccc(Cl)cc1. The van der Waals surface area contributed by atoms with Crippen molar-refractivity contribution in [2.75, 3.05) is 0 Å². The van der Waals surface area contributed by atoms with Gasteiger partial charge in [-0.3, -0.25) is 4.79 Å². The maximum absolute atomic E-state index is 13.5. The molecule has 0 unspecified atom stereocenters. The van der Waals surface area contributed by atoms with Gasteiger partial charge in [0.15, 0.2) is 0 Å². The third kappa shape index (κ3) is 5.39. The van der Waals surface area contributed by atoms with Gasteiger partial charge in [-0.15, -0.1) is 0 Å². The van der Waals surface area contributed by atoms with Crippen LogP contribution in [0.15, 0.2) is 53.4 Å². The molecule has 0 heterocycles. The number of nitrogens with two attached hydrogens (primary N) is 1. The van der Waals surface area contributed by atoms with Crippen LogP contribution in [-0.4, -0.2) is 24.7 Å². The second-order valence-corrected chi connectivity index (χ2v) is 9.89. The standard InChI is InChI=1S/C21H22ClF3N2O3S/c22-16-9-11-17(12-10-16)31(29,30)27(19-4-2-1-3-18(19)20(26)28)13-14-5-7-15(8-6-14)21(23,24)25/h5-12,18-19H,1-4,13H2,(H2,26,28)/t18-,19-/m0/s1. The number of nitrogens with zero attached hydrogens (tertiary/aromatic N) is 1. The number of amides is 1. The van der Waals surface area contributed by atoms with Crippen molar-refractivity contribution in [3.05, 3.63) is 64.7 Å². The molecule has 3 rings (SSSR count). The Morgan fingerprint density at radius 3 is 2.16 bits per heavy atom. The fraction of sp³-hybridized carbons (Fsp3) is 0.381. The topological polar surface area (TPSA) is 80.5 Å². The number of benzene rings is 2. The van der Waals surface area contributed by atoms with Crippen molar-refractivity contribution in [3.63, 3.8) is 0 Å². The number of hydrogen-bond acceptors (Lipinski definition) is 3. The first-order valence-corrected chi connectivity index (χ1v) is 11.5. The Hall–Kier alpha value is -2.10. The highest BCUT2D eigenvalue weighted by atomic mass is 35.5. The van der Waals surface area contributed by atoms with E-state index in [1.54, 1.807) is 0 Å². The molecule has 168 valence electrons. The largest absolute Gasteiger partial charge is 0.416 e. The fourth-order valence-electron chi connectivity index (χ4n) is 3.89. The van der Waals surface area contributed by atoms with Gasteiger partial charge in [0.2, 0.25) is 15.9 Å². The monoisotopic (exact) mass is 474 g/mol. The van der Waals surface area contributed by atoms with E-state index in [4.69, 9.17) is 17.3 Å². The molecule has 2 aromatic rings. The molecule has 10 heteroatoms. The van der Waals surface area contributed by atoms with Gasteiger partial charge in [-0.05, 0) is 54.8 Å². The summed E-state index contributed by atoms with van der Waals surface area (Å²) < 4.78 is 66.8. The molecule has 0 spiro atoms. The summed E-state index contributed by atoms with van der Waals surface area (Å²) in [6.45, 7) is -0.183. The fourth-order valence-corrected chi connectivity index (χ4v) is 5.69. The normalized spacial score (nSPS) is 20.0. The second kappa shape index (κ2) is 9.18. The van der Waals surface area contributed by atoms with Crippen molar-refractivity contribution in [1.29, 1.82) is 0 Å². The first-order chi connectivity index (χ1) is 14.5. The summed E-state index contributed by atoms with van der Waals surface area (Å²) in [6, 6.07) is 9.23. The highest BCUT2D eigenvalue weighted by molar-refractivity contribution is 7.89. The van der Waals surface area contributed by atoms with Crippen LogP contribution < -0.4 is 5.73 Å². The molecule has 2 aromatic carbocycles. The predicted molar refractivity (Wildman–Crippen MR) is 111 cm³/mol. The lowest BCUT2D eigenvalue weighted by Crippen LogP contribution is -2.49. The Morgan fingerprint density at radius 2 is 1.61 bits per heavy atom. The second-order valence-electron chi connectivity index (χ2n) is 7.56. The Kier molecular flexibility index (Phi) is 6.98. The number of sulfonamides is 1. The molecule has 0 bridgehead atoms. The van der Waals surface area contributed by atoms with Crippen LogP contribution in [0, 0.1) is 5.92 Å². The molecule has 1 aliphatic rings. The maximum atomic E-state index is 13.5. The van der Waals surface area contributed by atoms with E-state index in [0.29, 0.717) is 29.8 Å². The summed E-state index contributed by atoms with van der Waals surface area (Å²) in [5.74, 6) is -1.27. The molecule has 2 atom stereocenters. The minimum Gasteiger partial charge on any atom is -0.369 e. The lowest BCUT2D eigenvalue weighted by atomic mass is 9.84. The minimum absolute atomic E-state index is 0.0161. The van der Waals surface area contributed by atoms with Crippen LogP contribution in [0.3, 0.4) is 0 Å². The molecule has 1 amide bonds. The molecule has 5 nitrogen and oxygen atoms in total. The van der Waals surface area contributed by atoms with E-state index < -0.39 is 39.6 Å². The minimum atomic E-state index is -4.49. The van der Waals surface area contributed by atoms with Crippen molar-refractivity contribution >= 4 is 27.5 Å². The van der Waals surface area contributed by atoms with Gasteiger partial charge < -0.3 is 5.73 Å². The van der Waals surface area contributed by atoms with Gasteiger partial charge in [0.05, 0.1) is 16.4 Å². The van der Waals surface area contributed by atoms with Crippen LogP contribution in [0.4, 0.5) is 13.2 Å². The molecule has 0 saturated heterocycles. The quantitative estimate of drug-likeness (QED) is 0.664. The van der Waals surface area contributed by atoms with Crippen LogP contribution >= 0.6 is 11.6 Å². The summed E-state index contributed by atoms with van der Waals surface area (Å²) in [5.41, 5.74) is 5.11. The van der Waals surface area contributed by atoms with Crippen LogP contribution in [0.5, 0.6) is 0 Å². The van der Waals surface area contributed by atoms with E-state index in [1.807, 2.05) is 0 Å². The number of hydrogen-bond donors (Lipinski definition) is 1. The molecule has 0 aliphatic heterocycles. The van der Waals surface area contributed by atoms with Gasteiger partial charge >= 0.3 is 6.18 Å². The highest BCUT2D eigenvalue weighted by Crippen LogP contribution is 2.34. The summed E-state index contributed by atoms with van der Waals surface area (Å²) in [4.78, 5) is 12.0. The number of primary amides is 1. The number of rotatable bonds is 6. The summed E-state index contributed by atoms with van der Waals surface area (Å²) in [7, 11) is -4.08. The maximum Gasteiger partial charge on any atom is 0.416 e. The summed E-state index contributed by atoms with van der Waals surface area (Å²) in [5, 5.41) is 0.362. The zero-order chi connectivity index (χ0) is 22.8. The molecule has 1 saturated carbocycles. The van der Waals surface area contributed by atoms with Crippen molar-refractivity contribution in [3.8, 4) is 0 Å². The van der Waals surface area contributed by atoms with Gasteiger partial charge in [0.25, 0.3) is 0 Å². The van der Waals surface area contributed by atoms with Crippen molar-refractivity contribution in [2.24, 2.45) is 11.7 Å². The molecule has 0 aromatic heterocycles. The van der Waals surface area contributed by atoms with E-state index in [-0.39, 0.29) is 11.4 Å². The van der Waals surface area contributed by atoms with E-state index >= 15 is 0 Å². The van der Waals surface area contributed by atoms with Gasteiger partial charge in [0, 0.05) is 17.6 Å². The number of carbonyl (C=O) groups is 1. The van der Waals surface area contributed by atoms with Crippen LogP contribution in [-0.2, 0) is 27.5 Å². The third-order valence-corrected chi connectivity index (χ3v) is 7.64. The van der Waals surface area contributed by atoms with Crippen molar-refractivity contribution in [2.45, 2.75) is 49.3 Å². The average molecular weight is 475 g/mol. The van der Waals surface area contributed by atoms with E-state index in [2.05, 4.69) is 0 Å². The Balaban J connectivity index is 2.01. The van der Waals surface area contributed by atoms with Gasteiger partial charge in [0.1, 0.15) is 0 Å². The molecular formula is C21H22ClF3N2O3S. The third-order valence-electron chi connectivity index (χ3n) is 5.50. The molecule has 1 fully saturated rings. The van der Waals surface area contributed by atoms with Gasteiger partial charge in [-0.1, -0.05) is 36.6 Å². The number of alkyl halides is 3. The van der Waals surface area contributed by atoms with E-state index in [1.165, 1.54) is 40.7 Å². The smallest absolute Gasteiger partial charge is 0.369 e. The van der Waals surface area contributed by atoms with E-state index in [0.717, 1.165) is 18.6 Å². The predicted octanol–water partition coefficient (Wildman–Crippen LogP) is 4.59. The number of halogens is 4. The van der Waals surface area contributed by atoms with Crippen molar-refractivity contribution in [1.82, 2.24) is 4.31 Å². The van der Waals surface area contributed by atoms with Gasteiger partial charge in [-0.2, -0.15) is 17.5 Å². The number of carbonyl (C=O) groups excluding carboxylic acids is 1. The van der Waals surface area contributed by atoms with Gasteiger partial charge in [-0.25, -0.2) is 8.42 Å².